The Morgan fingerprint density at radius 3 is 2.17 bits per heavy atom. The van der Waals surface area contributed by atoms with E-state index >= 15 is 0 Å². The maximum atomic E-state index is 13.2. The number of nitrogens with zero attached hydrogens (tertiary/aromatic N) is 1. The second-order valence-electron chi connectivity index (χ2n) is 7.77. The first-order valence-corrected chi connectivity index (χ1v) is 10.4. The van der Waals surface area contributed by atoms with Crippen LogP contribution in [0, 0.1) is 13.8 Å². The normalized spacial score (nSPS) is 12.0. The number of nitrogens with one attached hydrogen (secondary N) is 1. The van der Waals surface area contributed by atoms with E-state index in [1.54, 1.807) is 30.0 Å². The van der Waals surface area contributed by atoms with Gasteiger partial charge in [0.25, 0.3) is 0 Å². The van der Waals surface area contributed by atoms with Crippen molar-refractivity contribution in [3.05, 3.63) is 68.7 Å². The zero-order valence-electron chi connectivity index (χ0n) is 17.6. The number of benzene rings is 2. The van der Waals surface area contributed by atoms with Crippen LogP contribution >= 0.6 is 23.2 Å². The molecule has 0 heterocycles. The molecule has 0 saturated carbocycles. The average Bonchev–Trinajstić information content (AvgIpc) is 2.58. The van der Waals surface area contributed by atoms with Gasteiger partial charge in [-0.2, -0.15) is 0 Å². The Kier molecular flexibility index (Phi) is 8.12. The van der Waals surface area contributed by atoms with E-state index in [2.05, 4.69) is 11.4 Å². The molecule has 6 heteroatoms. The van der Waals surface area contributed by atoms with E-state index in [-0.39, 0.29) is 30.8 Å². The quantitative estimate of drug-likeness (QED) is 0.658. The van der Waals surface area contributed by atoms with Crippen molar-refractivity contribution in [3.8, 4) is 0 Å². The fraction of sp³-hybridized carbons (Fsp3) is 0.391. The first kappa shape index (κ1) is 23.2. The summed E-state index contributed by atoms with van der Waals surface area (Å²) in [6.07, 6.45) is 0.215. The molecule has 2 amide bonds. The predicted molar refractivity (Wildman–Crippen MR) is 119 cm³/mol. The molecule has 0 aliphatic carbocycles. The molecule has 0 aliphatic rings. The molecule has 1 unspecified atom stereocenters. The van der Waals surface area contributed by atoms with Crippen molar-refractivity contribution in [3.63, 3.8) is 0 Å². The number of hydrogen-bond acceptors (Lipinski definition) is 2. The Bertz CT molecular complexity index is 876. The highest BCUT2D eigenvalue weighted by atomic mass is 35.5. The monoisotopic (exact) mass is 434 g/mol. The lowest BCUT2D eigenvalue weighted by molar-refractivity contribution is -0.140. The zero-order chi connectivity index (χ0) is 21.7. The smallest absolute Gasteiger partial charge is 0.242 e. The first-order valence-electron chi connectivity index (χ1n) is 9.67. The molecular formula is C23H28Cl2N2O2. The summed E-state index contributed by atoms with van der Waals surface area (Å²) in [5, 5.41) is 3.88. The van der Waals surface area contributed by atoms with Crippen LogP contribution in [0.4, 0.5) is 0 Å². The van der Waals surface area contributed by atoms with Crippen molar-refractivity contribution in [1.29, 1.82) is 0 Å². The molecule has 2 aromatic carbocycles. The first-order chi connectivity index (χ1) is 13.6. The lowest BCUT2D eigenvalue weighted by atomic mass is 10.0. The summed E-state index contributed by atoms with van der Waals surface area (Å²) in [4.78, 5) is 27.4. The summed E-state index contributed by atoms with van der Waals surface area (Å²) in [5.41, 5.74) is 3.88. The van der Waals surface area contributed by atoms with E-state index in [9.17, 15) is 9.59 Å². The van der Waals surface area contributed by atoms with E-state index in [1.165, 1.54) is 0 Å². The summed E-state index contributed by atoms with van der Waals surface area (Å²) in [5.74, 6) is -0.328. The predicted octanol–water partition coefficient (Wildman–Crippen LogP) is 5.09. The summed E-state index contributed by atoms with van der Waals surface area (Å²) in [7, 11) is 0. The van der Waals surface area contributed by atoms with Crippen LogP contribution in [0.25, 0.3) is 0 Å². The van der Waals surface area contributed by atoms with Crippen molar-refractivity contribution in [2.24, 2.45) is 0 Å². The molecular weight excluding hydrogens is 407 g/mol. The topological polar surface area (TPSA) is 49.4 Å². The third-order valence-corrected chi connectivity index (χ3v) is 5.18. The van der Waals surface area contributed by atoms with Crippen LogP contribution in [0.1, 0.15) is 43.0 Å². The third kappa shape index (κ3) is 6.76. The van der Waals surface area contributed by atoms with Crippen LogP contribution in [-0.2, 0) is 22.6 Å². The molecule has 2 aromatic rings. The fourth-order valence-electron chi connectivity index (χ4n) is 3.27. The van der Waals surface area contributed by atoms with Gasteiger partial charge >= 0.3 is 0 Å². The Hall–Kier alpha value is -2.04. The molecule has 2 rings (SSSR count). The van der Waals surface area contributed by atoms with Crippen molar-refractivity contribution in [2.45, 2.75) is 59.7 Å². The molecule has 0 bridgehead atoms. The van der Waals surface area contributed by atoms with E-state index < -0.39 is 6.04 Å². The van der Waals surface area contributed by atoms with Gasteiger partial charge in [-0.1, -0.05) is 58.6 Å². The van der Waals surface area contributed by atoms with Gasteiger partial charge in [0.2, 0.25) is 11.8 Å². The van der Waals surface area contributed by atoms with Crippen molar-refractivity contribution >= 4 is 35.0 Å². The molecule has 1 N–H and O–H groups in total. The number of halogens is 2. The van der Waals surface area contributed by atoms with Gasteiger partial charge in [-0.3, -0.25) is 9.59 Å². The minimum Gasteiger partial charge on any atom is -0.352 e. The summed E-state index contributed by atoms with van der Waals surface area (Å²) < 4.78 is 0. The highest BCUT2D eigenvalue weighted by Gasteiger charge is 2.27. The fourth-order valence-corrected chi connectivity index (χ4v) is 3.74. The second kappa shape index (κ2) is 10.1. The summed E-state index contributed by atoms with van der Waals surface area (Å²) >= 11 is 12.3. The van der Waals surface area contributed by atoms with Crippen molar-refractivity contribution in [2.75, 3.05) is 0 Å². The van der Waals surface area contributed by atoms with E-state index in [4.69, 9.17) is 23.2 Å². The summed E-state index contributed by atoms with van der Waals surface area (Å²) in [6, 6.07) is 10.6. The summed E-state index contributed by atoms with van der Waals surface area (Å²) in [6.45, 7) is 9.76. The highest BCUT2D eigenvalue weighted by molar-refractivity contribution is 6.35. The zero-order valence-corrected chi connectivity index (χ0v) is 19.1. The number of carbonyl (C=O) groups is 2. The Balaban J connectivity index is 2.31. The number of amides is 2. The number of rotatable bonds is 7. The second-order valence-corrected chi connectivity index (χ2v) is 8.61. The molecule has 0 saturated heterocycles. The lowest BCUT2D eigenvalue weighted by Gasteiger charge is -2.30. The third-order valence-electron chi connectivity index (χ3n) is 4.59. The Morgan fingerprint density at radius 2 is 1.62 bits per heavy atom. The maximum absolute atomic E-state index is 13.2. The molecule has 4 nitrogen and oxygen atoms in total. The van der Waals surface area contributed by atoms with E-state index in [1.807, 2.05) is 39.8 Å². The molecule has 29 heavy (non-hydrogen) atoms. The molecule has 1 atom stereocenters. The van der Waals surface area contributed by atoms with Crippen molar-refractivity contribution in [1.82, 2.24) is 10.2 Å². The largest absolute Gasteiger partial charge is 0.352 e. The van der Waals surface area contributed by atoms with Crippen LogP contribution in [0.3, 0.4) is 0 Å². The van der Waals surface area contributed by atoms with Gasteiger partial charge in [0.15, 0.2) is 0 Å². The Morgan fingerprint density at radius 1 is 1.00 bits per heavy atom. The molecule has 0 radical (unpaired) electrons. The molecule has 156 valence electrons. The van der Waals surface area contributed by atoms with Crippen molar-refractivity contribution < 1.29 is 9.59 Å². The van der Waals surface area contributed by atoms with Crippen LogP contribution < -0.4 is 5.32 Å². The van der Waals surface area contributed by atoms with Gasteiger partial charge in [-0.25, -0.2) is 0 Å². The van der Waals surface area contributed by atoms with Gasteiger partial charge in [0.05, 0.1) is 6.42 Å². The van der Waals surface area contributed by atoms with Crippen LogP contribution in [0.5, 0.6) is 0 Å². The van der Waals surface area contributed by atoms with Gasteiger partial charge in [0.1, 0.15) is 6.04 Å². The van der Waals surface area contributed by atoms with Gasteiger partial charge in [0, 0.05) is 22.6 Å². The SMILES string of the molecule is Cc1cc(C)cc(CC(=O)N(Cc2ccc(Cl)cc2Cl)C(C)C(=O)NC(C)C)c1. The average molecular weight is 435 g/mol. The van der Waals surface area contributed by atoms with E-state index in [0.29, 0.717) is 10.0 Å². The minimum absolute atomic E-state index is 0.0135. The van der Waals surface area contributed by atoms with Gasteiger partial charge in [-0.05, 0) is 57.9 Å². The molecule has 0 fully saturated rings. The molecule has 0 spiro atoms. The van der Waals surface area contributed by atoms with Gasteiger partial charge in [-0.15, -0.1) is 0 Å². The number of hydrogen-bond donors (Lipinski definition) is 1. The van der Waals surface area contributed by atoms with Gasteiger partial charge < -0.3 is 10.2 Å². The maximum Gasteiger partial charge on any atom is 0.242 e. The van der Waals surface area contributed by atoms with Crippen LogP contribution in [0.15, 0.2) is 36.4 Å². The minimum atomic E-state index is -0.637. The Labute approximate surface area is 183 Å². The van der Waals surface area contributed by atoms with Crippen LogP contribution in [-0.4, -0.2) is 28.8 Å². The number of aryl methyl sites for hydroxylation is 2. The molecule has 0 aliphatic heterocycles. The standard InChI is InChI=1S/C23H28Cl2N2O2/c1-14(2)26-23(29)17(5)27(13-19-6-7-20(24)12-21(19)25)22(28)11-18-9-15(3)8-16(4)10-18/h6-10,12,14,17H,11,13H2,1-5H3,(H,26,29). The highest BCUT2D eigenvalue weighted by Crippen LogP contribution is 2.24. The number of carbonyl (C=O) groups excluding carboxylic acids is 2. The van der Waals surface area contributed by atoms with E-state index in [0.717, 1.165) is 22.3 Å². The van der Waals surface area contributed by atoms with Crippen LogP contribution in [0.2, 0.25) is 10.0 Å². The lowest BCUT2D eigenvalue weighted by Crippen LogP contribution is -2.49. The molecule has 0 aromatic heterocycles.